The van der Waals surface area contributed by atoms with E-state index in [4.69, 9.17) is 11.5 Å². The van der Waals surface area contributed by atoms with E-state index >= 15 is 0 Å². The highest BCUT2D eigenvalue weighted by Gasteiger charge is 2.05. The van der Waals surface area contributed by atoms with Gasteiger partial charge in [-0.25, -0.2) is 4.98 Å². The van der Waals surface area contributed by atoms with Crippen LogP contribution in [0.2, 0.25) is 0 Å². The molecule has 5 N–H and O–H groups in total. The van der Waals surface area contributed by atoms with Crippen molar-refractivity contribution < 1.29 is 0 Å². The van der Waals surface area contributed by atoms with Gasteiger partial charge in [0.25, 0.3) is 0 Å². The second-order valence-corrected chi connectivity index (χ2v) is 4.38. The lowest BCUT2D eigenvalue weighted by Crippen LogP contribution is -2.14. The lowest BCUT2D eigenvalue weighted by atomic mass is 10.1. The van der Waals surface area contributed by atoms with Gasteiger partial charge in [-0.3, -0.25) is 0 Å². The minimum atomic E-state index is 0.571. The fourth-order valence-corrected chi connectivity index (χ4v) is 2.08. The molecule has 16 heavy (non-hydrogen) atoms. The number of nitrogens with one attached hydrogen (secondary N) is 1. The monoisotopic (exact) mass is 280 g/mol. The minimum Gasteiger partial charge on any atom is -0.398 e. The summed E-state index contributed by atoms with van der Waals surface area (Å²) in [5.74, 6) is 0.816. The van der Waals surface area contributed by atoms with Gasteiger partial charge in [-0.15, -0.1) is 0 Å². The Hall–Kier alpha value is -1.33. The number of pyridine rings is 1. The molecule has 1 aromatic heterocycles. The van der Waals surface area contributed by atoms with E-state index in [1.54, 1.807) is 6.20 Å². The summed E-state index contributed by atoms with van der Waals surface area (Å²) in [7, 11) is 0. The molecule has 0 amide bonds. The van der Waals surface area contributed by atoms with E-state index in [9.17, 15) is 0 Å². The van der Waals surface area contributed by atoms with Gasteiger partial charge < -0.3 is 16.8 Å². The van der Waals surface area contributed by atoms with Crippen molar-refractivity contribution in [2.75, 3.05) is 24.1 Å². The van der Waals surface area contributed by atoms with E-state index in [1.807, 2.05) is 18.2 Å². The first-order valence-corrected chi connectivity index (χ1v) is 5.79. The fourth-order valence-electron chi connectivity index (χ4n) is 1.61. The van der Waals surface area contributed by atoms with Crippen LogP contribution in [-0.2, 0) is 0 Å². The molecular weight excluding hydrogens is 268 g/mol. The number of nitrogens with two attached hydrogens (primary N) is 2. The summed E-state index contributed by atoms with van der Waals surface area (Å²) >= 11 is 3.43. The number of benzene rings is 1. The predicted octanol–water partition coefficient (Wildman–Crippen LogP) is 1.95. The van der Waals surface area contributed by atoms with Crippen molar-refractivity contribution in [1.82, 2.24) is 4.98 Å². The number of halogens is 1. The van der Waals surface area contributed by atoms with Crippen LogP contribution < -0.4 is 16.8 Å². The molecule has 0 unspecified atom stereocenters. The number of hydrogen-bond donors (Lipinski definition) is 3. The van der Waals surface area contributed by atoms with Crippen LogP contribution in [0.25, 0.3) is 10.8 Å². The topological polar surface area (TPSA) is 77.0 Å². The van der Waals surface area contributed by atoms with E-state index in [0.717, 1.165) is 26.8 Å². The maximum atomic E-state index is 5.94. The zero-order valence-corrected chi connectivity index (χ0v) is 10.3. The van der Waals surface area contributed by atoms with Gasteiger partial charge in [-0.1, -0.05) is 15.9 Å². The Morgan fingerprint density at radius 2 is 2.12 bits per heavy atom. The molecule has 5 heteroatoms. The van der Waals surface area contributed by atoms with Crippen molar-refractivity contribution in [3.63, 3.8) is 0 Å². The SMILES string of the molecule is NCCNc1nccc2c(N)cc(Br)cc12. The van der Waals surface area contributed by atoms with E-state index < -0.39 is 0 Å². The van der Waals surface area contributed by atoms with Crippen LogP contribution in [0.5, 0.6) is 0 Å². The third kappa shape index (κ3) is 2.10. The van der Waals surface area contributed by atoms with Crippen LogP contribution >= 0.6 is 15.9 Å². The Kier molecular flexibility index (Phi) is 3.26. The van der Waals surface area contributed by atoms with Crippen LogP contribution in [0, 0.1) is 0 Å². The highest BCUT2D eigenvalue weighted by Crippen LogP contribution is 2.29. The Bertz CT molecular complexity index is 513. The standard InChI is InChI=1S/C11H13BrN4/c12-7-5-9-8(10(14)6-7)1-3-15-11(9)16-4-2-13/h1,3,5-6H,2,4,13-14H2,(H,15,16). The van der Waals surface area contributed by atoms with Crippen molar-refractivity contribution >= 4 is 38.2 Å². The number of anilines is 2. The van der Waals surface area contributed by atoms with E-state index in [1.165, 1.54) is 0 Å². The van der Waals surface area contributed by atoms with Gasteiger partial charge in [0.2, 0.25) is 0 Å². The molecular formula is C11H13BrN4. The Labute approximate surface area is 102 Å². The molecule has 0 atom stereocenters. The van der Waals surface area contributed by atoms with Crippen LogP contribution in [0.3, 0.4) is 0 Å². The van der Waals surface area contributed by atoms with Crippen LogP contribution in [0.1, 0.15) is 0 Å². The third-order valence-corrected chi connectivity index (χ3v) is 2.77. The van der Waals surface area contributed by atoms with Gasteiger partial charge in [0.05, 0.1) is 0 Å². The summed E-state index contributed by atoms with van der Waals surface area (Å²) in [6.45, 7) is 1.26. The summed E-state index contributed by atoms with van der Waals surface area (Å²) in [5, 5.41) is 5.18. The van der Waals surface area contributed by atoms with Gasteiger partial charge >= 0.3 is 0 Å². The zero-order chi connectivity index (χ0) is 11.5. The number of aromatic nitrogens is 1. The summed E-state index contributed by atoms with van der Waals surface area (Å²) in [6, 6.07) is 5.79. The van der Waals surface area contributed by atoms with Crippen molar-refractivity contribution in [2.45, 2.75) is 0 Å². The van der Waals surface area contributed by atoms with Crippen LogP contribution in [-0.4, -0.2) is 18.1 Å². The molecule has 0 aliphatic rings. The lowest BCUT2D eigenvalue weighted by molar-refractivity contribution is 1.01. The van der Waals surface area contributed by atoms with Gasteiger partial charge in [0.15, 0.2) is 0 Å². The summed E-state index contributed by atoms with van der Waals surface area (Å²) in [5.41, 5.74) is 12.1. The van der Waals surface area contributed by atoms with E-state index in [2.05, 4.69) is 26.2 Å². The average Bonchev–Trinajstić information content (AvgIpc) is 2.26. The molecule has 1 aromatic carbocycles. The maximum Gasteiger partial charge on any atom is 0.133 e. The van der Waals surface area contributed by atoms with Crippen molar-refractivity contribution in [3.05, 3.63) is 28.9 Å². The number of fused-ring (bicyclic) bond motifs is 1. The van der Waals surface area contributed by atoms with Crippen LogP contribution in [0.15, 0.2) is 28.9 Å². The molecule has 0 bridgehead atoms. The molecule has 4 nitrogen and oxygen atoms in total. The molecule has 2 rings (SSSR count). The van der Waals surface area contributed by atoms with Gasteiger partial charge in [0.1, 0.15) is 5.82 Å². The smallest absolute Gasteiger partial charge is 0.133 e. The molecule has 84 valence electrons. The number of rotatable bonds is 3. The quantitative estimate of drug-likeness (QED) is 0.751. The average molecular weight is 281 g/mol. The highest BCUT2D eigenvalue weighted by molar-refractivity contribution is 9.10. The predicted molar refractivity (Wildman–Crippen MR) is 71.4 cm³/mol. The summed E-state index contributed by atoms with van der Waals surface area (Å²) < 4.78 is 0.946. The molecule has 1 heterocycles. The largest absolute Gasteiger partial charge is 0.398 e. The Balaban J connectivity index is 2.57. The van der Waals surface area contributed by atoms with Gasteiger partial charge in [0, 0.05) is 40.2 Å². The van der Waals surface area contributed by atoms with Crippen molar-refractivity contribution in [1.29, 1.82) is 0 Å². The second-order valence-electron chi connectivity index (χ2n) is 3.47. The van der Waals surface area contributed by atoms with Gasteiger partial charge in [-0.2, -0.15) is 0 Å². The normalized spacial score (nSPS) is 10.6. The molecule has 0 aliphatic heterocycles. The highest BCUT2D eigenvalue weighted by atomic mass is 79.9. The third-order valence-electron chi connectivity index (χ3n) is 2.31. The molecule has 0 radical (unpaired) electrons. The lowest BCUT2D eigenvalue weighted by Gasteiger charge is -2.09. The van der Waals surface area contributed by atoms with Crippen molar-refractivity contribution in [3.8, 4) is 0 Å². The Morgan fingerprint density at radius 3 is 2.88 bits per heavy atom. The van der Waals surface area contributed by atoms with Crippen molar-refractivity contribution in [2.24, 2.45) is 5.73 Å². The molecule has 0 saturated heterocycles. The number of nitrogens with zero attached hydrogens (tertiary/aromatic N) is 1. The summed E-state index contributed by atoms with van der Waals surface area (Å²) in [6.07, 6.45) is 1.74. The fraction of sp³-hybridized carbons (Fsp3) is 0.182. The molecule has 0 aliphatic carbocycles. The first-order chi connectivity index (χ1) is 7.72. The molecule has 2 aromatic rings. The molecule has 0 spiro atoms. The zero-order valence-electron chi connectivity index (χ0n) is 8.70. The van der Waals surface area contributed by atoms with Gasteiger partial charge in [-0.05, 0) is 18.2 Å². The number of nitrogen functional groups attached to an aromatic ring is 1. The first kappa shape index (κ1) is 11.2. The second kappa shape index (κ2) is 4.67. The van der Waals surface area contributed by atoms with E-state index in [-0.39, 0.29) is 0 Å². The summed E-state index contributed by atoms with van der Waals surface area (Å²) in [4.78, 5) is 4.28. The minimum absolute atomic E-state index is 0.571. The maximum absolute atomic E-state index is 5.94. The number of hydrogen-bond acceptors (Lipinski definition) is 4. The Morgan fingerprint density at radius 1 is 1.31 bits per heavy atom. The molecule has 0 saturated carbocycles. The molecule has 0 fully saturated rings. The first-order valence-electron chi connectivity index (χ1n) is 5.00. The van der Waals surface area contributed by atoms with E-state index in [0.29, 0.717) is 13.1 Å². The van der Waals surface area contributed by atoms with Crippen LogP contribution in [0.4, 0.5) is 11.5 Å².